The first-order valence-corrected chi connectivity index (χ1v) is 8.11. The molecule has 1 heterocycles. The maximum absolute atomic E-state index is 12.5. The number of carbonyl (C=O) groups is 2. The summed E-state index contributed by atoms with van der Waals surface area (Å²) >= 11 is 0. The van der Waals surface area contributed by atoms with E-state index in [1.54, 1.807) is 0 Å². The van der Waals surface area contributed by atoms with Crippen LogP contribution >= 0.6 is 0 Å². The molecule has 3 rings (SSSR count). The summed E-state index contributed by atoms with van der Waals surface area (Å²) in [6, 6.07) is 9.52. The number of carbonyl (C=O) groups excluding carboxylic acids is 1. The molecule has 0 atom stereocenters. The van der Waals surface area contributed by atoms with Gasteiger partial charge in [0.05, 0.1) is 6.42 Å². The molecule has 1 aromatic carbocycles. The van der Waals surface area contributed by atoms with Crippen LogP contribution in [0.4, 0.5) is 0 Å². The zero-order valence-electron chi connectivity index (χ0n) is 12.8. The quantitative estimate of drug-likeness (QED) is 0.821. The van der Waals surface area contributed by atoms with Crippen LogP contribution in [0.2, 0.25) is 0 Å². The summed E-state index contributed by atoms with van der Waals surface area (Å²) in [5.74, 6) is -0.313. The molecule has 0 radical (unpaired) electrons. The zero-order valence-corrected chi connectivity index (χ0v) is 12.8. The van der Waals surface area contributed by atoms with Crippen LogP contribution in [0, 0.1) is 11.3 Å². The molecule has 4 nitrogen and oxygen atoms in total. The summed E-state index contributed by atoms with van der Waals surface area (Å²) in [6.07, 6.45) is 4.12. The average Bonchev–Trinajstić information content (AvgIpc) is 3.26. The molecule has 1 N–H and O–H groups in total. The van der Waals surface area contributed by atoms with Gasteiger partial charge in [-0.3, -0.25) is 9.59 Å². The summed E-state index contributed by atoms with van der Waals surface area (Å²) in [5, 5.41) is 9.00. The molecule has 1 saturated heterocycles. The molecule has 0 amide bonds. The predicted octanol–water partition coefficient (Wildman–Crippen LogP) is 2.84. The number of hydrogen-bond acceptors (Lipinski definition) is 3. The minimum atomic E-state index is -0.688. The number of aliphatic carboxylic acids is 1. The van der Waals surface area contributed by atoms with E-state index in [-0.39, 0.29) is 23.5 Å². The predicted molar refractivity (Wildman–Crippen MR) is 83.9 cm³/mol. The summed E-state index contributed by atoms with van der Waals surface area (Å²) in [4.78, 5) is 25.7. The summed E-state index contributed by atoms with van der Waals surface area (Å²) < 4.78 is 0. The number of nitrogens with zero attached hydrogens (tertiary/aromatic N) is 1. The highest BCUT2D eigenvalue weighted by molar-refractivity contribution is 5.97. The molecule has 4 heteroatoms. The van der Waals surface area contributed by atoms with E-state index >= 15 is 0 Å². The largest absolute Gasteiger partial charge is 0.481 e. The number of Topliss-reactive ketones (excluding diaryl/α,β-unsaturated/α-hetero) is 1. The standard InChI is InChI=1S/C18H23NO3/c20-16(21)12-18(8-9-18)13-19-10-6-15(7-11-19)17(22)14-4-2-1-3-5-14/h1-5,15H,6-13H2,(H,20,21). The molecule has 1 aromatic rings. The molecule has 118 valence electrons. The molecule has 0 aromatic heterocycles. The van der Waals surface area contributed by atoms with E-state index in [2.05, 4.69) is 4.90 Å². The third-order valence-corrected chi connectivity index (χ3v) is 5.06. The lowest BCUT2D eigenvalue weighted by Crippen LogP contribution is -2.40. The Hall–Kier alpha value is -1.68. The molecule has 0 spiro atoms. The van der Waals surface area contributed by atoms with Crippen LogP contribution < -0.4 is 0 Å². The molecule has 1 saturated carbocycles. The van der Waals surface area contributed by atoms with Crippen LogP contribution in [0.25, 0.3) is 0 Å². The lowest BCUT2D eigenvalue weighted by Gasteiger charge is -2.33. The summed E-state index contributed by atoms with van der Waals surface area (Å²) in [6.45, 7) is 2.70. The fourth-order valence-corrected chi connectivity index (χ4v) is 3.55. The Kier molecular flexibility index (Phi) is 4.30. The molecule has 0 unspecified atom stereocenters. The van der Waals surface area contributed by atoms with Gasteiger partial charge in [0.1, 0.15) is 0 Å². The highest BCUT2D eigenvalue weighted by atomic mass is 16.4. The molecule has 0 bridgehead atoms. The SMILES string of the molecule is O=C(O)CC1(CN2CCC(C(=O)c3ccccc3)CC2)CC1. The van der Waals surface area contributed by atoms with Gasteiger partial charge >= 0.3 is 5.97 Å². The van der Waals surface area contributed by atoms with Crippen LogP contribution in [-0.4, -0.2) is 41.4 Å². The van der Waals surface area contributed by atoms with Crippen LogP contribution in [0.5, 0.6) is 0 Å². The lowest BCUT2D eigenvalue weighted by molar-refractivity contribution is -0.138. The third kappa shape index (κ3) is 3.55. The van der Waals surface area contributed by atoms with Gasteiger partial charge in [-0.2, -0.15) is 0 Å². The van der Waals surface area contributed by atoms with Crippen LogP contribution in [-0.2, 0) is 4.79 Å². The van der Waals surface area contributed by atoms with Gasteiger partial charge in [-0.1, -0.05) is 30.3 Å². The van der Waals surface area contributed by atoms with E-state index in [9.17, 15) is 9.59 Å². The van der Waals surface area contributed by atoms with Crippen molar-refractivity contribution in [2.75, 3.05) is 19.6 Å². The number of hydrogen-bond donors (Lipinski definition) is 1. The molecule has 1 aliphatic carbocycles. The van der Waals surface area contributed by atoms with Crippen LogP contribution in [0.1, 0.15) is 42.5 Å². The first-order valence-electron chi connectivity index (χ1n) is 8.11. The zero-order chi connectivity index (χ0) is 15.6. The van der Waals surface area contributed by atoms with Gasteiger partial charge in [0.25, 0.3) is 0 Å². The van der Waals surface area contributed by atoms with Gasteiger partial charge in [0.15, 0.2) is 5.78 Å². The van der Waals surface area contributed by atoms with Crippen molar-refractivity contribution in [2.45, 2.75) is 32.1 Å². The number of carboxylic acid groups (broad SMARTS) is 1. The third-order valence-electron chi connectivity index (χ3n) is 5.06. The van der Waals surface area contributed by atoms with Crippen LogP contribution in [0.3, 0.4) is 0 Å². The summed E-state index contributed by atoms with van der Waals surface area (Å²) in [7, 11) is 0. The number of likely N-dealkylation sites (tertiary alicyclic amines) is 1. The second kappa shape index (κ2) is 6.21. The molecule has 2 fully saturated rings. The molecular weight excluding hydrogens is 278 g/mol. The first-order chi connectivity index (χ1) is 10.6. The second-order valence-corrected chi connectivity index (χ2v) is 6.85. The van der Waals surface area contributed by atoms with Gasteiger partial charge in [0, 0.05) is 18.0 Å². The number of carboxylic acids is 1. The monoisotopic (exact) mass is 301 g/mol. The van der Waals surface area contributed by atoms with E-state index in [1.165, 1.54) is 0 Å². The molecule has 2 aliphatic rings. The van der Waals surface area contributed by atoms with E-state index in [0.29, 0.717) is 0 Å². The van der Waals surface area contributed by atoms with Crippen molar-refractivity contribution in [1.82, 2.24) is 4.90 Å². The Morgan fingerprint density at radius 3 is 2.32 bits per heavy atom. The topological polar surface area (TPSA) is 57.6 Å². The van der Waals surface area contributed by atoms with Gasteiger partial charge in [0.2, 0.25) is 0 Å². The maximum atomic E-state index is 12.5. The Morgan fingerprint density at radius 1 is 1.14 bits per heavy atom. The highest BCUT2D eigenvalue weighted by Gasteiger charge is 2.45. The Bertz CT molecular complexity index is 543. The fraction of sp³-hybridized carbons (Fsp3) is 0.556. The number of benzene rings is 1. The summed E-state index contributed by atoms with van der Waals surface area (Å²) in [5.41, 5.74) is 0.827. The van der Waals surface area contributed by atoms with Crippen molar-refractivity contribution in [3.63, 3.8) is 0 Å². The van der Waals surface area contributed by atoms with Crippen molar-refractivity contribution in [2.24, 2.45) is 11.3 Å². The highest BCUT2D eigenvalue weighted by Crippen LogP contribution is 2.49. The Balaban J connectivity index is 1.51. The Labute approximate surface area is 131 Å². The van der Waals surface area contributed by atoms with Crippen LogP contribution in [0.15, 0.2) is 30.3 Å². The van der Waals surface area contributed by atoms with E-state index < -0.39 is 5.97 Å². The van der Waals surface area contributed by atoms with Gasteiger partial charge < -0.3 is 10.0 Å². The van der Waals surface area contributed by atoms with E-state index in [4.69, 9.17) is 5.11 Å². The van der Waals surface area contributed by atoms with Gasteiger partial charge in [-0.25, -0.2) is 0 Å². The normalized spacial score (nSPS) is 21.5. The minimum Gasteiger partial charge on any atom is -0.481 e. The lowest BCUT2D eigenvalue weighted by atomic mass is 9.88. The maximum Gasteiger partial charge on any atom is 0.303 e. The number of ketones is 1. The van der Waals surface area contributed by atoms with E-state index in [0.717, 1.165) is 50.9 Å². The van der Waals surface area contributed by atoms with Crippen molar-refractivity contribution < 1.29 is 14.7 Å². The average molecular weight is 301 g/mol. The fourth-order valence-electron chi connectivity index (χ4n) is 3.55. The number of piperidine rings is 1. The van der Waals surface area contributed by atoms with Crippen molar-refractivity contribution >= 4 is 11.8 Å². The first kappa shape index (κ1) is 15.2. The molecular formula is C18H23NO3. The second-order valence-electron chi connectivity index (χ2n) is 6.85. The molecule has 1 aliphatic heterocycles. The van der Waals surface area contributed by atoms with E-state index in [1.807, 2.05) is 30.3 Å². The van der Waals surface area contributed by atoms with Crippen molar-refractivity contribution in [3.8, 4) is 0 Å². The van der Waals surface area contributed by atoms with Crippen molar-refractivity contribution in [3.05, 3.63) is 35.9 Å². The van der Waals surface area contributed by atoms with Gasteiger partial charge in [-0.15, -0.1) is 0 Å². The molecule has 22 heavy (non-hydrogen) atoms. The van der Waals surface area contributed by atoms with Gasteiger partial charge in [-0.05, 0) is 44.2 Å². The smallest absolute Gasteiger partial charge is 0.303 e. The minimum absolute atomic E-state index is 0.0160. The van der Waals surface area contributed by atoms with Crippen molar-refractivity contribution in [1.29, 1.82) is 0 Å². The Morgan fingerprint density at radius 2 is 1.77 bits per heavy atom. The number of rotatable bonds is 6.